The van der Waals surface area contributed by atoms with Gasteiger partial charge in [0.15, 0.2) is 11.8 Å². The van der Waals surface area contributed by atoms with Crippen LogP contribution in [0.4, 0.5) is 9.18 Å². The Morgan fingerprint density at radius 1 is 1.23 bits per heavy atom. The molecule has 168 valence electrons. The highest BCUT2D eigenvalue weighted by molar-refractivity contribution is 5.75. The summed E-state index contributed by atoms with van der Waals surface area (Å²) >= 11 is 0. The van der Waals surface area contributed by atoms with Crippen molar-refractivity contribution in [2.45, 2.75) is 44.7 Å². The molecule has 1 saturated heterocycles. The molecule has 0 spiro atoms. The SMILES string of the molecule is CC(C)(C)OC(=O)[C@H](O)COc1ccc(-c2cnn(CC3(F)CN(C(=O)O)C3)c2)cc1. The first-order valence-electron chi connectivity index (χ1n) is 9.78. The van der Waals surface area contributed by atoms with Crippen LogP contribution in [0, 0.1) is 0 Å². The monoisotopic (exact) mass is 435 g/mol. The Morgan fingerprint density at radius 3 is 2.45 bits per heavy atom. The summed E-state index contributed by atoms with van der Waals surface area (Å²) in [5, 5.41) is 22.9. The molecule has 0 saturated carbocycles. The number of esters is 1. The third-order valence-corrected chi connectivity index (χ3v) is 4.57. The Bertz CT molecular complexity index is 931. The molecule has 2 N–H and O–H groups in total. The van der Waals surface area contributed by atoms with Crippen molar-refractivity contribution < 1.29 is 33.7 Å². The van der Waals surface area contributed by atoms with E-state index in [2.05, 4.69) is 5.10 Å². The van der Waals surface area contributed by atoms with Gasteiger partial charge in [-0.3, -0.25) is 4.68 Å². The summed E-state index contributed by atoms with van der Waals surface area (Å²) in [7, 11) is 0. The lowest BCUT2D eigenvalue weighted by molar-refractivity contribution is -0.166. The largest absolute Gasteiger partial charge is 0.490 e. The summed E-state index contributed by atoms with van der Waals surface area (Å²) < 4.78 is 26.5. The Morgan fingerprint density at radius 2 is 1.87 bits per heavy atom. The molecule has 0 aliphatic carbocycles. The average molecular weight is 435 g/mol. The average Bonchev–Trinajstić information content (AvgIpc) is 3.11. The van der Waals surface area contributed by atoms with Gasteiger partial charge >= 0.3 is 12.1 Å². The molecular weight excluding hydrogens is 409 g/mol. The van der Waals surface area contributed by atoms with E-state index in [9.17, 15) is 19.1 Å². The lowest BCUT2D eigenvalue weighted by atomic mass is 9.97. The fourth-order valence-electron chi connectivity index (χ4n) is 3.12. The van der Waals surface area contributed by atoms with Gasteiger partial charge in [-0.25, -0.2) is 14.0 Å². The fraction of sp³-hybridized carbons (Fsp3) is 0.476. The zero-order chi connectivity index (χ0) is 22.8. The zero-order valence-corrected chi connectivity index (χ0v) is 17.6. The van der Waals surface area contributed by atoms with Crippen LogP contribution in [0.15, 0.2) is 36.7 Å². The zero-order valence-electron chi connectivity index (χ0n) is 17.6. The number of carboxylic acid groups (broad SMARTS) is 1. The Balaban J connectivity index is 1.53. The van der Waals surface area contributed by atoms with Crippen LogP contribution in [0.5, 0.6) is 5.75 Å². The molecule has 3 rings (SSSR count). The van der Waals surface area contributed by atoms with Crippen molar-refractivity contribution in [3.05, 3.63) is 36.7 Å². The number of halogens is 1. The summed E-state index contributed by atoms with van der Waals surface area (Å²) in [5.41, 5.74) is -0.729. The minimum Gasteiger partial charge on any atom is -0.490 e. The number of rotatable bonds is 7. The Kier molecular flexibility index (Phi) is 6.21. The van der Waals surface area contributed by atoms with E-state index in [0.717, 1.165) is 16.0 Å². The lowest BCUT2D eigenvalue weighted by Crippen LogP contribution is -2.62. The highest BCUT2D eigenvalue weighted by Crippen LogP contribution is 2.28. The fourth-order valence-corrected chi connectivity index (χ4v) is 3.12. The quantitative estimate of drug-likeness (QED) is 0.642. The molecule has 1 aliphatic rings. The number of hydrogen-bond donors (Lipinski definition) is 2. The van der Waals surface area contributed by atoms with Gasteiger partial charge < -0.3 is 24.6 Å². The van der Waals surface area contributed by atoms with E-state index in [-0.39, 0.29) is 26.2 Å². The number of aliphatic hydroxyl groups is 1. The molecule has 9 nitrogen and oxygen atoms in total. The van der Waals surface area contributed by atoms with Gasteiger partial charge in [0.05, 0.1) is 25.8 Å². The molecule has 2 heterocycles. The van der Waals surface area contributed by atoms with Crippen LogP contribution in [0.3, 0.4) is 0 Å². The molecule has 31 heavy (non-hydrogen) atoms. The number of hydrogen-bond acceptors (Lipinski definition) is 6. The van der Waals surface area contributed by atoms with Gasteiger partial charge in [0, 0.05) is 11.8 Å². The second kappa shape index (κ2) is 8.54. The maximum absolute atomic E-state index is 14.5. The molecule has 1 aromatic carbocycles. The Hall–Kier alpha value is -3.14. The minimum atomic E-state index is -1.62. The van der Waals surface area contributed by atoms with Crippen molar-refractivity contribution in [3.63, 3.8) is 0 Å². The van der Waals surface area contributed by atoms with Crippen LogP contribution in [0.1, 0.15) is 20.8 Å². The standard InChI is InChI=1S/C21H26FN3O6/c1-20(2,3)31-18(27)17(26)10-30-16-6-4-14(5-7-16)15-8-23-25(9-15)13-21(22)11-24(12-21)19(28)29/h4-9,17,26H,10-13H2,1-3H3,(H,28,29)/t17-/m1/s1. The van der Waals surface area contributed by atoms with Crippen LogP contribution in [0.2, 0.25) is 0 Å². The predicted octanol–water partition coefficient (Wildman–Crippen LogP) is 2.33. The summed E-state index contributed by atoms with van der Waals surface area (Å²) in [6, 6.07) is 6.91. The van der Waals surface area contributed by atoms with Crippen LogP contribution >= 0.6 is 0 Å². The second-order valence-electron chi connectivity index (χ2n) is 8.60. The highest BCUT2D eigenvalue weighted by Gasteiger charge is 2.46. The van der Waals surface area contributed by atoms with Crippen molar-refractivity contribution in [3.8, 4) is 16.9 Å². The van der Waals surface area contributed by atoms with Crippen molar-refractivity contribution in [1.82, 2.24) is 14.7 Å². The van der Waals surface area contributed by atoms with E-state index in [1.165, 1.54) is 4.68 Å². The summed E-state index contributed by atoms with van der Waals surface area (Å²) in [6.45, 7) is 4.53. The van der Waals surface area contributed by atoms with E-state index in [1.807, 2.05) is 0 Å². The van der Waals surface area contributed by atoms with E-state index in [1.54, 1.807) is 57.4 Å². The molecule has 1 fully saturated rings. The van der Waals surface area contributed by atoms with Crippen LogP contribution in [-0.4, -0.2) is 74.0 Å². The minimum absolute atomic E-state index is 0.0273. The summed E-state index contributed by atoms with van der Waals surface area (Å²) in [5.74, 6) is -0.287. The maximum atomic E-state index is 14.5. The smallest absolute Gasteiger partial charge is 0.407 e. The number of benzene rings is 1. The van der Waals surface area contributed by atoms with Gasteiger partial charge in [-0.1, -0.05) is 12.1 Å². The first-order valence-corrected chi connectivity index (χ1v) is 9.78. The number of aromatic nitrogens is 2. The maximum Gasteiger partial charge on any atom is 0.407 e. The van der Waals surface area contributed by atoms with Gasteiger partial charge in [0.1, 0.15) is 18.0 Å². The van der Waals surface area contributed by atoms with Crippen molar-refractivity contribution in [1.29, 1.82) is 0 Å². The number of carbonyl (C=O) groups is 2. The van der Waals surface area contributed by atoms with Crippen molar-refractivity contribution in [2.75, 3.05) is 19.7 Å². The predicted molar refractivity (Wildman–Crippen MR) is 108 cm³/mol. The van der Waals surface area contributed by atoms with Gasteiger partial charge in [-0.2, -0.15) is 5.10 Å². The van der Waals surface area contributed by atoms with Gasteiger partial charge in [0.2, 0.25) is 0 Å². The number of likely N-dealkylation sites (tertiary alicyclic amines) is 1. The Labute approximate surface area is 179 Å². The summed E-state index contributed by atoms with van der Waals surface area (Å²) in [4.78, 5) is 23.6. The van der Waals surface area contributed by atoms with Crippen LogP contribution in [-0.2, 0) is 16.1 Å². The molecular formula is C21H26FN3O6. The van der Waals surface area contributed by atoms with Crippen LogP contribution in [0.25, 0.3) is 11.1 Å². The van der Waals surface area contributed by atoms with E-state index in [0.29, 0.717) is 5.75 Å². The normalized spacial score (nSPS) is 16.4. The van der Waals surface area contributed by atoms with Gasteiger partial charge in [0.25, 0.3) is 0 Å². The molecule has 2 aromatic rings. The van der Waals surface area contributed by atoms with Gasteiger partial charge in [-0.05, 0) is 38.5 Å². The number of nitrogens with zero attached hydrogens (tertiary/aromatic N) is 3. The highest BCUT2D eigenvalue weighted by atomic mass is 19.1. The topological polar surface area (TPSA) is 114 Å². The second-order valence-corrected chi connectivity index (χ2v) is 8.60. The van der Waals surface area contributed by atoms with E-state index >= 15 is 0 Å². The first kappa shape index (κ1) is 22.5. The molecule has 1 amide bonds. The number of ether oxygens (including phenoxy) is 2. The molecule has 0 unspecified atom stereocenters. The molecule has 10 heteroatoms. The van der Waals surface area contributed by atoms with E-state index < -0.39 is 29.4 Å². The number of aliphatic hydroxyl groups excluding tert-OH is 1. The molecule has 1 aromatic heterocycles. The summed E-state index contributed by atoms with van der Waals surface area (Å²) in [6.07, 6.45) is 0.760. The lowest BCUT2D eigenvalue weighted by Gasteiger charge is -2.42. The first-order chi connectivity index (χ1) is 14.4. The third-order valence-electron chi connectivity index (χ3n) is 4.57. The number of amides is 1. The molecule has 1 atom stereocenters. The third kappa shape index (κ3) is 5.94. The molecule has 1 aliphatic heterocycles. The van der Waals surface area contributed by atoms with Crippen molar-refractivity contribution in [2.24, 2.45) is 0 Å². The van der Waals surface area contributed by atoms with Crippen LogP contribution < -0.4 is 4.74 Å². The molecule has 0 radical (unpaired) electrons. The van der Waals surface area contributed by atoms with Gasteiger partial charge in [-0.15, -0.1) is 0 Å². The molecule has 0 bridgehead atoms. The van der Waals surface area contributed by atoms with E-state index in [4.69, 9.17) is 14.6 Å². The van der Waals surface area contributed by atoms with Crippen molar-refractivity contribution >= 4 is 12.1 Å². The number of carbonyl (C=O) groups excluding carboxylic acids is 1. The number of alkyl halides is 1.